The molecule has 0 aliphatic heterocycles. The predicted octanol–water partition coefficient (Wildman–Crippen LogP) is 4.08. The maximum absolute atomic E-state index is 11.9. The van der Waals surface area contributed by atoms with Crippen LogP contribution in [0.15, 0.2) is 46.9 Å². The van der Waals surface area contributed by atoms with Gasteiger partial charge in [0.1, 0.15) is 17.2 Å². The molecule has 6 heteroatoms. The lowest BCUT2D eigenvalue weighted by molar-refractivity contribution is 0.215. The number of rotatable bonds is 4. The van der Waals surface area contributed by atoms with E-state index in [1.165, 1.54) is 7.11 Å². The van der Waals surface area contributed by atoms with Gasteiger partial charge in [0.15, 0.2) is 0 Å². The van der Waals surface area contributed by atoms with Crippen LogP contribution in [0.5, 0.6) is 17.2 Å². The van der Waals surface area contributed by atoms with E-state index in [0.717, 1.165) is 4.47 Å². The Bertz CT molecular complexity index is 628. The van der Waals surface area contributed by atoms with Crippen molar-refractivity contribution < 1.29 is 19.0 Å². The molecule has 2 aromatic rings. The summed E-state index contributed by atoms with van der Waals surface area (Å²) in [5.41, 5.74) is 0.471. The van der Waals surface area contributed by atoms with E-state index in [0.29, 0.717) is 22.9 Å². The number of hydrogen-bond acceptors (Lipinski definition) is 4. The van der Waals surface area contributed by atoms with Crippen LogP contribution in [0.3, 0.4) is 0 Å². The molecule has 1 N–H and O–H groups in total. The van der Waals surface area contributed by atoms with E-state index in [2.05, 4.69) is 21.2 Å². The molecule has 0 aliphatic carbocycles. The Morgan fingerprint density at radius 2 is 1.67 bits per heavy atom. The minimum Gasteiger partial charge on any atom is -0.497 e. The van der Waals surface area contributed by atoms with Crippen LogP contribution in [0.4, 0.5) is 10.5 Å². The van der Waals surface area contributed by atoms with Gasteiger partial charge in [-0.2, -0.15) is 0 Å². The quantitative estimate of drug-likeness (QED) is 0.901. The Morgan fingerprint density at radius 1 is 1.00 bits per heavy atom. The number of carbonyl (C=O) groups is 1. The van der Waals surface area contributed by atoms with E-state index in [1.54, 1.807) is 49.6 Å². The number of hydrogen-bond donors (Lipinski definition) is 1. The Hall–Kier alpha value is -2.21. The first-order chi connectivity index (χ1) is 10.1. The number of methoxy groups -OCH3 is 2. The van der Waals surface area contributed by atoms with Crippen LogP contribution in [0.2, 0.25) is 0 Å². The van der Waals surface area contributed by atoms with Crippen molar-refractivity contribution in [1.82, 2.24) is 0 Å². The highest BCUT2D eigenvalue weighted by Crippen LogP contribution is 2.29. The summed E-state index contributed by atoms with van der Waals surface area (Å²) in [6, 6.07) is 12.0. The number of nitrogens with one attached hydrogen (secondary N) is 1. The Morgan fingerprint density at radius 3 is 2.29 bits per heavy atom. The van der Waals surface area contributed by atoms with E-state index in [4.69, 9.17) is 14.2 Å². The van der Waals surface area contributed by atoms with Gasteiger partial charge in [-0.05, 0) is 36.4 Å². The lowest BCUT2D eigenvalue weighted by Crippen LogP contribution is -2.17. The van der Waals surface area contributed by atoms with Gasteiger partial charge in [-0.3, -0.25) is 5.32 Å². The first kappa shape index (κ1) is 15.2. The van der Waals surface area contributed by atoms with Crippen LogP contribution in [0, 0.1) is 0 Å². The molecule has 0 saturated carbocycles. The second-order valence-electron chi connectivity index (χ2n) is 4.03. The van der Waals surface area contributed by atoms with Crippen LogP contribution < -0.4 is 19.5 Å². The summed E-state index contributed by atoms with van der Waals surface area (Å²) in [5.74, 6) is 1.57. The van der Waals surface area contributed by atoms with Crippen molar-refractivity contribution in [2.45, 2.75) is 0 Å². The zero-order chi connectivity index (χ0) is 15.2. The van der Waals surface area contributed by atoms with Crippen LogP contribution >= 0.6 is 15.9 Å². The molecule has 0 radical (unpaired) electrons. The fourth-order valence-electron chi connectivity index (χ4n) is 1.66. The molecule has 21 heavy (non-hydrogen) atoms. The molecule has 0 bridgehead atoms. The highest BCUT2D eigenvalue weighted by Gasteiger charge is 2.10. The summed E-state index contributed by atoms with van der Waals surface area (Å²) in [6.45, 7) is 0. The fraction of sp³-hybridized carbons (Fsp3) is 0.133. The van der Waals surface area contributed by atoms with Crippen LogP contribution in [-0.2, 0) is 0 Å². The number of halogens is 1. The van der Waals surface area contributed by atoms with E-state index in [1.807, 2.05) is 0 Å². The molecule has 110 valence electrons. The summed E-state index contributed by atoms with van der Waals surface area (Å²) in [5, 5.41) is 2.62. The molecule has 0 saturated heterocycles. The first-order valence-electron chi connectivity index (χ1n) is 6.09. The fourth-order valence-corrected chi connectivity index (χ4v) is 1.92. The molecule has 0 unspecified atom stereocenters. The number of anilines is 1. The maximum atomic E-state index is 11.9. The van der Waals surface area contributed by atoms with Crippen molar-refractivity contribution in [2.24, 2.45) is 0 Å². The third-order valence-corrected chi connectivity index (χ3v) is 3.20. The van der Waals surface area contributed by atoms with Crippen molar-refractivity contribution in [3.05, 3.63) is 46.9 Å². The monoisotopic (exact) mass is 351 g/mol. The molecule has 0 atom stereocenters. The smallest absolute Gasteiger partial charge is 0.417 e. The molecule has 0 aliphatic rings. The van der Waals surface area contributed by atoms with Gasteiger partial charge in [-0.1, -0.05) is 15.9 Å². The summed E-state index contributed by atoms with van der Waals surface area (Å²) in [6.07, 6.45) is -0.608. The van der Waals surface area contributed by atoms with Crippen molar-refractivity contribution in [2.75, 3.05) is 19.5 Å². The van der Waals surface area contributed by atoms with Crippen molar-refractivity contribution >= 4 is 27.7 Å². The Kier molecular flexibility index (Phi) is 5.05. The second kappa shape index (κ2) is 6.99. The Labute approximate surface area is 131 Å². The predicted molar refractivity (Wildman–Crippen MR) is 83.3 cm³/mol. The van der Waals surface area contributed by atoms with Crippen LogP contribution in [0.1, 0.15) is 0 Å². The number of benzene rings is 2. The standard InChI is InChI=1S/C15H14BrNO4/c1-19-12-7-8-14(20-2)13(9-12)17-15(18)21-11-5-3-10(16)4-6-11/h3-9H,1-2H3,(H,17,18). The molecular weight excluding hydrogens is 338 g/mol. The van der Waals surface area contributed by atoms with E-state index >= 15 is 0 Å². The third kappa shape index (κ3) is 4.13. The van der Waals surface area contributed by atoms with Crippen LogP contribution in [-0.4, -0.2) is 20.3 Å². The lowest BCUT2D eigenvalue weighted by atomic mass is 10.2. The molecule has 0 spiro atoms. The van der Waals surface area contributed by atoms with Gasteiger partial charge in [-0.25, -0.2) is 4.79 Å². The van der Waals surface area contributed by atoms with E-state index in [9.17, 15) is 4.79 Å². The second-order valence-corrected chi connectivity index (χ2v) is 4.95. The van der Waals surface area contributed by atoms with Crippen molar-refractivity contribution in [3.63, 3.8) is 0 Å². The van der Waals surface area contributed by atoms with E-state index < -0.39 is 6.09 Å². The molecular formula is C15H14BrNO4. The molecule has 5 nitrogen and oxygen atoms in total. The minimum absolute atomic E-state index is 0.442. The number of ether oxygens (including phenoxy) is 3. The zero-order valence-corrected chi connectivity index (χ0v) is 13.1. The molecule has 2 rings (SSSR count). The summed E-state index contributed by atoms with van der Waals surface area (Å²) >= 11 is 3.31. The van der Waals surface area contributed by atoms with Crippen molar-refractivity contribution in [3.8, 4) is 17.2 Å². The molecule has 0 heterocycles. The van der Waals surface area contributed by atoms with Gasteiger partial charge in [0, 0.05) is 10.5 Å². The highest BCUT2D eigenvalue weighted by atomic mass is 79.9. The largest absolute Gasteiger partial charge is 0.497 e. The van der Waals surface area contributed by atoms with Gasteiger partial charge in [-0.15, -0.1) is 0 Å². The van der Waals surface area contributed by atoms with Crippen LogP contribution in [0.25, 0.3) is 0 Å². The first-order valence-corrected chi connectivity index (χ1v) is 6.88. The highest BCUT2D eigenvalue weighted by molar-refractivity contribution is 9.10. The molecule has 0 aromatic heterocycles. The average Bonchev–Trinajstić information content (AvgIpc) is 2.49. The van der Waals surface area contributed by atoms with Gasteiger partial charge < -0.3 is 14.2 Å². The molecule has 1 amide bonds. The SMILES string of the molecule is COc1ccc(OC)c(NC(=O)Oc2ccc(Br)cc2)c1. The average molecular weight is 352 g/mol. The summed E-state index contributed by atoms with van der Waals surface area (Å²) < 4.78 is 16.4. The van der Waals surface area contributed by atoms with Gasteiger partial charge in [0.25, 0.3) is 0 Å². The maximum Gasteiger partial charge on any atom is 0.417 e. The Balaban J connectivity index is 2.09. The van der Waals surface area contributed by atoms with Gasteiger partial charge in [0.05, 0.1) is 19.9 Å². The van der Waals surface area contributed by atoms with Crippen molar-refractivity contribution in [1.29, 1.82) is 0 Å². The normalized spacial score (nSPS) is 9.86. The summed E-state index contributed by atoms with van der Waals surface area (Å²) in [4.78, 5) is 11.9. The van der Waals surface area contributed by atoms with E-state index in [-0.39, 0.29) is 0 Å². The number of amides is 1. The zero-order valence-electron chi connectivity index (χ0n) is 11.6. The summed E-state index contributed by atoms with van der Waals surface area (Å²) in [7, 11) is 3.07. The molecule has 0 fully saturated rings. The third-order valence-electron chi connectivity index (χ3n) is 2.67. The van der Waals surface area contributed by atoms with Gasteiger partial charge >= 0.3 is 6.09 Å². The number of carbonyl (C=O) groups excluding carboxylic acids is 1. The van der Waals surface area contributed by atoms with Gasteiger partial charge in [0.2, 0.25) is 0 Å². The lowest BCUT2D eigenvalue weighted by Gasteiger charge is -2.11. The topological polar surface area (TPSA) is 56.8 Å². The molecule has 2 aromatic carbocycles. The minimum atomic E-state index is -0.608.